The van der Waals surface area contributed by atoms with Gasteiger partial charge in [-0.2, -0.15) is 0 Å². The Kier molecular flexibility index (Phi) is 5.42. The van der Waals surface area contributed by atoms with Gasteiger partial charge in [0.25, 0.3) is 5.56 Å². The summed E-state index contributed by atoms with van der Waals surface area (Å²) in [5, 5.41) is 4.03. The second-order valence-electron chi connectivity index (χ2n) is 6.97. The van der Waals surface area contributed by atoms with Gasteiger partial charge in [0.1, 0.15) is 5.82 Å². The number of amides is 1. The number of nitrogens with one attached hydrogen (secondary N) is 1. The minimum atomic E-state index is -0.336. The number of rotatable bonds is 5. The molecule has 0 saturated heterocycles. The molecule has 0 bridgehead atoms. The van der Waals surface area contributed by atoms with Gasteiger partial charge in [-0.25, -0.2) is 4.98 Å². The Labute approximate surface area is 152 Å². The Balaban J connectivity index is 1.74. The van der Waals surface area contributed by atoms with Gasteiger partial charge in [-0.05, 0) is 37.5 Å². The molecule has 1 amide bonds. The van der Waals surface area contributed by atoms with E-state index in [0.29, 0.717) is 34.1 Å². The van der Waals surface area contributed by atoms with Crippen LogP contribution in [0.2, 0.25) is 5.02 Å². The van der Waals surface area contributed by atoms with Crippen LogP contribution in [0.4, 0.5) is 0 Å². The zero-order valence-electron chi connectivity index (χ0n) is 14.7. The molecule has 1 aliphatic rings. The number of fused-ring (bicyclic) bond motifs is 1. The Morgan fingerprint density at radius 2 is 2.12 bits per heavy atom. The summed E-state index contributed by atoms with van der Waals surface area (Å²) < 4.78 is 1.50. The molecule has 0 radical (unpaired) electrons. The standard InChI is InChI=1S/C19H24ClN3O2/c1-12(21-17(24)10-7-13-5-3-4-6-13)18-22-16-11-14(20)8-9-15(16)19(25)23(18)2/h8-9,11-13H,3-7,10H2,1-2H3,(H,21,24). The molecule has 1 heterocycles. The quantitative estimate of drug-likeness (QED) is 0.882. The highest BCUT2D eigenvalue weighted by Crippen LogP contribution is 2.28. The fourth-order valence-electron chi connectivity index (χ4n) is 3.66. The lowest BCUT2D eigenvalue weighted by Gasteiger charge is -2.18. The maximum atomic E-state index is 12.5. The van der Waals surface area contributed by atoms with Gasteiger partial charge in [0.05, 0.1) is 16.9 Å². The van der Waals surface area contributed by atoms with Crippen LogP contribution in [0.5, 0.6) is 0 Å². The van der Waals surface area contributed by atoms with E-state index in [-0.39, 0.29) is 17.5 Å². The van der Waals surface area contributed by atoms with E-state index in [9.17, 15) is 9.59 Å². The SMILES string of the molecule is CC(NC(=O)CCC1CCCC1)c1nc2cc(Cl)ccc2c(=O)n1C. The summed E-state index contributed by atoms with van der Waals surface area (Å²) >= 11 is 6.01. The average Bonchev–Trinajstić information content (AvgIpc) is 3.09. The van der Waals surface area contributed by atoms with E-state index in [1.165, 1.54) is 30.3 Å². The van der Waals surface area contributed by atoms with Gasteiger partial charge in [-0.3, -0.25) is 14.2 Å². The third-order valence-corrected chi connectivity index (χ3v) is 5.33. The Bertz CT molecular complexity index is 840. The summed E-state index contributed by atoms with van der Waals surface area (Å²) in [5.74, 6) is 1.24. The molecule has 1 atom stereocenters. The predicted octanol–water partition coefficient (Wildman–Crippen LogP) is 3.73. The third-order valence-electron chi connectivity index (χ3n) is 5.09. The van der Waals surface area contributed by atoms with Crippen LogP contribution < -0.4 is 10.9 Å². The maximum absolute atomic E-state index is 12.5. The van der Waals surface area contributed by atoms with Crippen LogP contribution in [0, 0.1) is 5.92 Å². The predicted molar refractivity (Wildman–Crippen MR) is 99.7 cm³/mol. The zero-order valence-corrected chi connectivity index (χ0v) is 15.5. The van der Waals surface area contributed by atoms with Crippen molar-refractivity contribution >= 4 is 28.4 Å². The molecule has 1 N–H and O–H groups in total. The van der Waals surface area contributed by atoms with Crippen molar-refractivity contribution in [3.63, 3.8) is 0 Å². The first-order valence-corrected chi connectivity index (χ1v) is 9.29. The van der Waals surface area contributed by atoms with Crippen LogP contribution >= 0.6 is 11.6 Å². The van der Waals surface area contributed by atoms with Gasteiger partial charge in [-0.1, -0.05) is 37.3 Å². The van der Waals surface area contributed by atoms with Crippen molar-refractivity contribution in [1.82, 2.24) is 14.9 Å². The number of benzene rings is 1. The van der Waals surface area contributed by atoms with E-state index < -0.39 is 0 Å². The second kappa shape index (κ2) is 7.56. The van der Waals surface area contributed by atoms with Crippen molar-refractivity contribution < 1.29 is 4.79 Å². The van der Waals surface area contributed by atoms with Crippen molar-refractivity contribution in [3.05, 3.63) is 39.4 Å². The van der Waals surface area contributed by atoms with E-state index >= 15 is 0 Å². The molecule has 0 spiro atoms. The van der Waals surface area contributed by atoms with Crippen LogP contribution in [0.15, 0.2) is 23.0 Å². The lowest BCUT2D eigenvalue weighted by atomic mass is 10.0. The van der Waals surface area contributed by atoms with Gasteiger partial charge in [0.2, 0.25) is 5.91 Å². The normalized spacial score (nSPS) is 16.3. The first-order valence-electron chi connectivity index (χ1n) is 8.91. The highest BCUT2D eigenvalue weighted by atomic mass is 35.5. The molecular weight excluding hydrogens is 338 g/mol. The molecule has 5 nitrogen and oxygen atoms in total. The van der Waals surface area contributed by atoms with Crippen molar-refractivity contribution in [2.24, 2.45) is 13.0 Å². The number of hydrogen-bond acceptors (Lipinski definition) is 3. The second-order valence-corrected chi connectivity index (χ2v) is 7.41. The molecule has 0 aliphatic heterocycles. The lowest BCUT2D eigenvalue weighted by Crippen LogP contribution is -2.32. The molecule has 1 unspecified atom stereocenters. The van der Waals surface area contributed by atoms with Crippen LogP contribution in [0.3, 0.4) is 0 Å². The minimum Gasteiger partial charge on any atom is -0.346 e. The van der Waals surface area contributed by atoms with Crippen molar-refractivity contribution in [1.29, 1.82) is 0 Å². The summed E-state index contributed by atoms with van der Waals surface area (Å²) in [4.78, 5) is 29.3. The molecule has 2 aromatic rings. The van der Waals surface area contributed by atoms with Crippen molar-refractivity contribution in [2.75, 3.05) is 0 Å². The first kappa shape index (κ1) is 17.9. The summed E-state index contributed by atoms with van der Waals surface area (Å²) in [6.07, 6.45) is 6.53. The van der Waals surface area contributed by atoms with Crippen LogP contribution in [0.25, 0.3) is 10.9 Å². The van der Waals surface area contributed by atoms with Gasteiger partial charge in [0.15, 0.2) is 0 Å². The summed E-state index contributed by atoms with van der Waals surface area (Å²) in [7, 11) is 1.68. The van der Waals surface area contributed by atoms with Gasteiger partial charge >= 0.3 is 0 Å². The fraction of sp³-hybridized carbons (Fsp3) is 0.526. The maximum Gasteiger partial charge on any atom is 0.261 e. The molecule has 1 saturated carbocycles. The number of carbonyl (C=O) groups is 1. The van der Waals surface area contributed by atoms with Crippen LogP contribution in [-0.2, 0) is 11.8 Å². The van der Waals surface area contributed by atoms with E-state index in [2.05, 4.69) is 10.3 Å². The Morgan fingerprint density at radius 3 is 2.84 bits per heavy atom. The highest BCUT2D eigenvalue weighted by Gasteiger charge is 2.19. The molecule has 25 heavy (non-hydrogen) atoms. The third kappa shape index (κ3) is 4.03. The van der Waals surface area contributed by atoms with Crippen molar-refractivity contribution in [2.45, 2.75) is 51.5 Å². The van der Waals surface area contributed by atoms with E-state index in [1.54, 1.807) is 25.2 Å². The monoisotopic (exact) mass is 361 g/mol. The lowest BCUT2D eigenvalue weighted by molar-refractivity contribution is -0.122. The molecule has 134 valence electrons. The van der Waals surface area contributed by atoms with E-state index in [4.69, 9.17) is 11.6 Å². The van der Waals surface area contributed by atoms with Crippen LogP contribution in [-0.4, -0.2) is 15.5 Å². The van der Waals surface area contributed by atoms with Crippen molar-refractivity contribution in [3.8, 4) is 0 Å². The average molecular weight is 362 g/mol. The van der Waals surface area contributed by atoms with Gasteiger partial charge < -0.3 is 5.32 Å². The molecule has 1 aromatic heterocycles. The molecule has 1 fully saturated rings. The number of carbonyl (C=O) groups excluding carboxylic acids is 1. The topological polar surface area (TPSA) is 64.0 Å². The summed E-state index contributed by atoms with van der Waals surface area (Å²) in [5.41, 5.74) is 0.418. The van der Waals surface area contributed by atoms with Crippen LogP contribution in [0.1, 0.15) is 57.3 Å². The Morgan fingerprint density at radius 1 is 1.40 bits per heavy atom. The first-order chi connectivity index (χ1) is 12.0. The summed E-state index contributed by atoms with van der Waals surface area (Å²) in [6, 6.07) is 4.70. The number of hydrogen-bond donors (Lipinski definition) is 1. The smallest absolute Gasteiger partial charge is 0.261 e. The largest absolute Gasteiger partial charge is 0.346 e. The fourth-order valence-corrected chi connectivity index (χ4v) is 3.83. The molecular formula is C19H24ClN3O2. The van der Waals surface area contributed by atoms with E-state index in [1.807, 2.05) is 6.92 Å². The molecule has 3 rings (SSSR count). The molecule has 1 aliphatic carbocycles. The molecule has 6 heteroatoms. The van der Waals surface area contributed by atoms with Gasteiger partial charge in [-0.15, -0.1) is 0 Å². The summed E-state index contributed by atoms with van der Waals surface area (Å²) in [6.45, 7) is 1.85. The van der Waals surface area contributed by atoms with Gasteiger partial charge in [0, 0.05) is 18.5 Å². The zero-order chi connectivity index (χ0) is 18.0. The number of nitrogens with zero attached hydrogens (tertiary/aromatic N) is 2. The Hall–Kier alpha value is -1.88. The minimum absolute atomic E-state index is 0.0137. The van der Waals surface area contributed by atoms with E-state index in [0.717, 1.165) is 6.42 Å². The number of aromatic nitrogens is 2. The number of halogens is 1. The highest BCUT2D eigenvalue weighted by molar-refractivity contribution is 6.31. The molecule has 1 aromatic carbocycles.